The second-order valence-corrected chi connectivity index (χ2v) is 3.00. The second kappa shape index (κ2) is 3.37. The Kier molecular flexibility index (Phi) is 2.73. The summed E-state index contributed by atoms with van der Waals surface area (Å²) in [5, 5.41) is 1.08. The van der Waals surface area contributed by atoms with Crippen LogP contribution in [0.2, 0.25) is 0 Å². The van der Waals surface area contributed by atoms with Crippen LogP contribution in [0.25, 0.3) is 0 Å². The molecule has 0 unspecified atom stereocenters. The average Bonchev–Trinajstić information content (AvgIpc) is 2.62. The van der Waals surface area contributed by atoms with Gasteiger partial charge in [0, 0.05) is 5.33 Å². The highest BCUT2D eigenvalue weighted by atomic mass is 79.9. The van der Waals surface area contributed by atoms with E-state index in [9.17, 15) is 0 Å². The zero-order chi connectivity index (χ0) is 6.69. The summed E-state index contributed by atoms with van der Waals surface area (Å²) in [6, 6.07) is 0. The van der Waals surface area contributed by atoms with Crippen molar-refractivity contribution >= 4 is 15.9 Å². The van der Waals surface area contributed by atoms with Gasteiger partial charge < -0.3 is 4.74 Å². The number of ether oxygens (including phenoxy) is 1. The van der Waals surface area contributed by atoms with Crippen molar-refractivity contribution in [2.24, 2.45) is 0 Å². The molecule has 0 aromatic rings. The van der Waals surface area contributed by atoms with Crippen LogP contribution in [0.4, 0.5) is 0 Å². The summed E-state index contributed by atoms with van der Waals surface area (Å²) in [6.45, 7) is 3.64. The molecule has 2 heteroatoms. The number of epoxide rings is 1. The normalized spacial score (nSPS) is 32.1. The van der Waals surface area contributed by atoms with E-state index in [1.807, 2.05) is 6.08 Å². The van der Waals surface area contributed by atoms with Crippen molar-refractivity contribution in [3.8, 4) is 0 Å². The van der Waals surface area contributed by atoms with E-state index in [0.717, 1.165) is 5.33 Å². The first-order valence-corrected chi connectivity index (χ1v) is 4.34. The molecule has 1 aliphatic rings. The van der Waals surface area contributed by atoms with E-state index in [1.165, 1.54) is 12.8 Å². The number of halogens is 1. The maximum absolute atomic E-state index is 5.23. The molecule has 1 aliphatic heterocycles. The lowest BCUT2D eigenvalue weighted by Gasteiger charge is -1.86. The number of alkyl halides is 1. The molecule has 0 aromatic carbocycles. The van der Waals surface area contributed by atoms with Crippen LogP contribution >= 0.6 is 15.9 Å². The first kappa shape index (κ1) is 7.29. The molecular weight excluding hydrogens is 180 g/mol. The minimum atomic E-state index is 0.365. The molecule has 2 atom stereocenters. The van der Waals surface area contributed by atoms with Gasteiger partial charge in [-0.25, -0.2) is 0 Å². The van der Waals surface area contributed by atoms with Crippen molar-refractivity contribution in [3.05, 3.63) is 12.7 Å². The van der Waals surface area contributed by atoms with Crippen LogP contribution in [-0.2, 0) is 4.74 Å². The standard InChI is InChI=1S/C7H11BrO/c1-2-6-7(9-6)4-3-5-8/h2,6-7H,1,3-5H2/t6-,7-/m0/s1. The van der Waals surface area contributed by atoms with E-state index in [0.29, 0.717) is 12.2 Å². The Morgan fingerprint density at radius 2 is 2.44 bits per heavy atom. The molecule has 0 N–H and O–H groups in total. The first-order chi connectivity index (χ1) is 4.38. The molecule has 1 nitrogen and oxygen atoms in total. The molecule has 0 radical (unpaired) electrons. The summed E-state index contributed by atoms with van der Waals surface area (Å²) in [5.74, 6) is 0. The summed E-state index contributed by atoms with van der Waals surface area (Å²) in [6.07, 6.45) is 5.10. The molecule has 1 fully saturated rings. The van der Waals surface area contributed by atoms with Gasteiger partial charge in [-0.3, -0.25) is 0 Å². The summed E-state index contributed by atoms with van der Waals surface area (Å²) >= 11 is 3.37. The highest BCUT2D eigenvalue weighted by molar-refractivity contribution is 9.09. The van der Waals surface area contributed by atoms with Gasteiger partial charge in [-0.2, -0.15) is 0 Å². The molecule has 0 saturated carbocycles. The molecule has 1 heterocycles. The van der Waals surface area contributed by atoms with Crippen molar-refractivity contribution in [2.45, 2.75) is 25.0 Å². The van der Waals surface area contributed by atoms with E-state index in [2.05, 4.69) is 22.5 Å². The predicted octanol–water partition coefficient (Wildman–Crippen LogP) is 2.11. The van der Waals surface area contributed by atoms with Crippen molar-refractivity contribution in [3.63, 3.8) is 0 Å². The smallest absolute Gasteiger partial charge is 0.102 e. The Bertz CT molecular complexity index is 103. The zero-order valence-electron chi connectivity index (χ0n) is 5.35. The summed E-state index contributed by atoms with van der Waals surface area (Å²) < 4.78 is 5.23. The Morgan fingerprint density at radius 3 is 2.89 bits per heavy atom. The molecule has 0 aliphatic carbocycles. The van der Waals surface area contributed by atoms with Crippen molar-refractivity contribution in [1.82, 2.24) is 0 Å². The first-order valence-electron chi connectivity index (χ1n) is 3.22. The molecular formula is C7H11BrO. The Labute approximate surface area is 64.2 Å². The van der Waals surface area contributed by atoms with Gasteiger partial charge in [0.05, 0.1) is 6.10 Å². The minimum Gasteiger partial charge on any atom is -0.365 e. The van der Waals surface area contributed by atoms with Crippen LogP contribution in [0.3, 0.4) is 0 Å². The third kappa shape index (κ3) is 2.11. The average molecular weight is 191 g/mol. The highest BCUT2D eigenvalue weighted by Gasteiger charge is 2.34. The summed E-state index contributed by atoms with van der Waals surface area (Å²) in [4.78, 5) is 0. The predicted molar refractivity (Wildman–Crippen MR) is 41.9 cm³/mol. The van der Waals surface area contributed by atoms with E-state index in [-0.39, 0.29) is 0 Å². The summed E-state index contributed by atoms with van der Waals surface area (Å²) in [5.41, 5.74) is 0. The lowest BCUT2D eigenvalue weighted by Crippen LogP contribution is -1.89. The number of rotatable bonds is 4. The van der Waals surface area contributed by atoms with E-state index in [4.69, 9.17) is 4.74 Å². The molecule has 0 amide bonds. The summed E-state index contributed by atoms with van der Waals surface area (Å²) in [7, 11) is 0. The lowest BCUT2D eigenvalue weighted by atomic mass is 10.2. The van der Waals surface area contributed by atoms with Crippen LogP contribution in [0.1, 0.15) is 12.8 Å². The monoisotopic (exact) mass is 190 g/mol. The van der Waals surface area contributed by atoms with Gasteiger partial charge in [0.1, 0.15) is 6.10 Å². The fourth-order valence-electron chi connectivity index (χ4n) is 0.874. The third-order valence-electron chi connectivity index (χ3n) is 1.48. The minimum absolute atomic E-state index is 0.365. The Hall–Kier alpha value is 0.180. The van der Waals surface area contributed by atoms with Crippen molar-refractivity contribution < 1.29 is 4.74 Å². The number of hydrogen-bond donors (Lipinski definition) is 0. The maximum atomic E-state index is 5.23. The quantitative estimate of drug-likeness (QED) is 0.376. The van der Waals surface area contributed by atoms with Crippen molar-refractivity contribution in [2.75, 3.05) is 5.33 Å². The highest BCUT2D eigenvalue weighted by Crippen LogP contribution is 2.27. The molecule has 0 aromatic heterocycles. The van der Waals surface area contributed by atoms with E-state index in [1.54, 1.807) is 0 Å². The van der Waals surface area contributed by atoms with Gasteiger partial charge in [-0.15, -0.1) is 6.58 Å². The lowest BCUT2D eigenvalue weighted by molar-refractivity contribution is 0.378. The van der Waals surface area contributed by atoms with Gasteiger partial charge >= 0.3 is 0 Å². The Balaban J connectivity index is 1.98. The largest absolute Gasteiger partial charge is 0.365 e. The molecule has 9 heavy (non-hydrogen) atoms. The van der Waals surface area contributed by atoms with Crippen LogP contribution in [-0.4, -0.2) is 17.5 Å². The molecule has 1 rings (SSSR count). The van der Waals surface area contributed by atoms with Gasteiger partial charge in [0.2, 0.25) is 0 Å². The molecule has 52 valence electrons. The van der Waals surface area contributed by atoms with Crippen LogP contribution in [0.5, 0.6) is 0 Å². The number of hydrogen-bond acceptors (Lipinski definition) is 1. The molecule has 0 spiro atoms. The molecule has 1 saturated heterocycles. The van der Waals surface area contributed by atoms with Crippen LogP contribution < -0.4 is 0 Å². The van der Waals surface area contributed by atoms with Crippen molar-refractivity contribution in [1.29, 1.82) is 0 Å². The maximum Gasteiger partial charge on any atom is 0.102 e. The van der Waals surface area contributed by atoms with Gasteiger partial charge in [0.25, 0.3) is 0 Å². The fraction of sp³-hybridized carbons (Fsp3) is 0.714. The van der Waals surface area contributed by atoms with E-state index < -0.39 is 0 Å². The van der Waals surface area contributed by atoms with Crippen LogP contribution in [0, 0.1) is 0 Å². The molecule has 0 bridgehead atoms. The van der Waals surface area contributed by atoms with E-state index >= 15 is 0 Å². The fourth-order valence-corrected chi connectivity index (χ4v) is 1.20. The SMILES string of the molecule is C=C[C@@H]1O[C@H]1CCCBr. The topological polar surface area (TPSA) is 12.5 Å². The van der Waals surface area contributed by atoms with Gasteiger partial charge in [-0.05, 0) is 12.8 Å². The van der Waals surface area contributed by atoms with Gasteiger partial charge in [0.15, 0.2) is 0 Å². The second-order valence-electron chi connectivity index (χ2n) is 2.21. The zero-order valence-corrected chi connectivity index (χ0v) is 6.93. The van der Waals surface area contributed by atoms with Gasteiger partial charge in [-0.1, -0.05) is 22.0 Å². The third-order valence-corrected chi connectivity index (χ3v) is 2.04. The Morgan fingerprint density at radius 1 is 1.67 bits per heavy atom. The van der Waals surface area contributed by atoms with Crippen LogP contribution in [0.15, 0.2) is 12.7 Å².